The van der Waals surface area contributed by atoms with Gasteiger partial charge in [-0.25, -0.2) is 0 Å². The number of phenols is 1. The first-order valence-corrected chi connectivity index (χ1v) is 10.2. The first-order valence-electron chi connectivity index (χ1n) is 10.2. The molecule has 0 spiro atoms. The second kappa shape index (κ2) is 8.20. The van der Waals surface area contributed by atoms with Crippen LogP contribution in [-0.2, 0) is 4.79 Å². The zero-order valence-corrected chi connectivity index (χ0v) is 16.6. The zero-order valence-electron chi connectivity index (χ0n) is 16.6. The summed E-state index contributed by atoms with van der Waals surface area (Å²) in [6, 6.07) is 11.6. The molecule has 0 aromatic heterocycles. The first-order chi connectivity index (χ1) is 14.5. The highest BCUT2D eigenvalue weighted by Gasteiger charge is 2.40. The maximum absolute atomic E-state index is 13.2. The number of carbonyl (C=O) groups excluding carboxylic acids is 2. The van der Waals surface area contributed by atoms with Gasteiger partial charge in [0, 0.05) is 30.0 Å². The number of phenolic OH excluding ortho intramolecular Hbond substituents is 1. The van der Waals surface area contributed by atoms with Crippen molar-refractivity contribution in [1.82, 2.24) is 0 Å². The lowest BCUT2D eigenvalue weighted by Crippen LogP contribution is -2.37. The molecule has 0 bridgehead atoms. The van der Waals surface area contributed by atoms with Gasteiger partial charge in [0.1, 0.15) is 5.75 Å². The van der Waals surface area contributed by atoms with Crippen molar-refractivity contribution in [1.29, 1.82) is 0 Å². The van der Waals surface area contributed by atoms with Crippen molar-refractivity contribution in [3.63, 3.8) is 0 Å². The second-order valence-corrected chi connectivity index (χ2v) is 7.68. The minimum atomic E-state index is -0.576. The van der Waals surface area contributed by atoms with Crippen molar-refractivity contribution >= 4 is 28.9 Å². The Morgan fingerprint density at radius 2 is 1.93 bits per heavy atom. The van der Waals surface area contributed by atoms with Crippen molar-refractivity contribution in [2.45, 2.75) is 38.1 Å². The van der Waals surface area contributed by atoms with Crippen LogP contribution in [0.3, 0.4) is 0 Å². The summed E-state index contributed by atoms with van der Waals surface area (Å²) in [7, 11) is 0. The van der Waals surface area contributed by atoms with E-state index in [4.69, 9.17) is 5.73 Å². The number of aliphatic hydroxyl groups is 1. The SMILES string of the molecule is NC(=O)c1ccc(N2C(=O)C(CCO)=C3CCCCC32)cc1Nc1ccc(O)cc1. The highest BCUT2D eigenvalue weighted by atomic mass is 16.3. The van der Waals surface area contributed by atoms with Crippen molar-refractivity contribution in [2.24, 2.45) is 5.73 Å². The van der Waals surface area contributed by atoms with Crippen molar-refractivity contribution in [3.8, 4) is 5.75 Å². The number of fused-ring (bicyclic) bond motifs is 1. The van der Waals surface area contributed by atoms with E-state index < -0.39 is 5.91 Å². The van der Waals surface area contributed by atoms with Gasteiger partial charge in [-0.2, -0.15) is 0 Å². The molecule has 1 atom stereocenters. The van der Waals surface area contributed by atoms with Gasteiger partial charge in [0.15, 0.2) is 0 Å². The second-order valence-electron chi connectivity index (χ2n) is 7.68. The van der Waals surface area contributed by atoms with Crippen LogP contribution in [0.1, 0.15) is 42.5 Å². The minimum Gasteiger partial charge on any atom is -0.508 e. The van der Waals surface area contributed by atoms with Gasteiger partial charge < -0.3 is 26.2 Å². The third-order valence-corrected chi connectivity index (χ3v) is 5.81. The summed E-state index contributed by atoms with van der Waals surface area (Å²) in [4.78, 5) is 26.9. The van der Waals surface area contributed by atoms with Crippen LogP contribution in [0, 0.1) is 0 Å². The molecule has 156 valence electrons. The Morgan fingerprint density at radius 3 is 2.63 bits per heavy atom. The molecular weight excluding hydrogens is 382 g/mol. The number of nitrogens with two attached hydrogens (primary N) is 1. The highest BCUT2D eigenvalue weighted by molar-refractivity contribution is 6.11. The molecule has 2 aromatic rings. The van der Waals surface area contributed by atoms with E-state index in [0.717, 1.165) is 31.3 Å². The molecule has 1 aliphatic carbocycles. The number of amides is 2. The van der Waals surface area contributed by atoms with Crippen LogP contribution in [0.15, 0.2) is 53.6 Å². The summed E-state index contributed by atoms with van der Waals surface area (Å²) in [5, 5.41) is 22.1. The van der Waals surface area contributed by atoms with Crippen LogP contribution in [0.2, 0.25) is 0 Å². The van der Waals surface area contributed by atoms with Gasteiger partial charge in [0.05, 0.1) is 17.3 Å². The first kappa shape index (κ1) is 20.0. The van der Waals surface area contributed by atoms with E-state index >= 15 is 0 Å². The highest BCUT2D eigenvalue weighted by Crippen LogP contribution is 2.41. The molecule has 7 nitrogen and oxygen atoms in total. The number of aliphatic hydroxyl groups excluding tert-OH is 1. The van der Waals surface area contributed by atoms with Gasteiger partial charge in [-0.1, -0.05) is 6.42 Å². The molecule has 30 heavy (non-hydrogen) atoms. The predicted octanol–water partition coefficient (Wildman–Crippen LogP) is 3.20. The molecule has 0 saturated heterocycles. The van der Waals surface area contributed by atoms with Crippen LogP contribution in [0.5, 0.6) is 5.75 Å². The van der Waals surface area contributed by atoms with E-state index in [1.165, 1.54) is 0 Å². The molecule has 1 unspecified atom stereocenters. The fraction of sp³-hybridized carbons (Fsp3) is 0.304. The number of primary amides is 1. The molecule has 5 N–H and O–H groups in total. The summed E-state index contributed by atoms with van der Waals surface area (Å²) in [5.41, 5.74) is 9.57. The van der Waals surface area contributed by atoms with Gasteiger partial charge in [-0.15, -0.1) is 0 Å². The normalized spacial score (nSPS) is 18.5. The third kappa shape index (κ3) is 3.64. The molecule has 2 aromatic carbocycles. The van der Waals surface area contributed by atoms with Gasteiger partial charge in [-0.05, 0) is 67.3 Å². The van der Waals surface area contributed by atoms with Crippen molar-refractivity contribution in [2.75, 3.05) is 16.8 Å². The summed E-state index contributed by atoms with van der Waals surface area (Å²) in [6.45, 7) is -0.0561. The molecule has 2 aliphatic rings. The maximum atomic E-state index is 13.2. The van der Waals surface area contributed by atoms with Crippen LogP contribution in [-0.4, -0.2) is 34.7 Å². The van der Waals surface area contributed by atoms with E-state index in [2.05, 4.69) is 5.32 Å². The number of rotatable bonds is 6. The lowest BCUT2D eigenvalue weighted by atomic mass is 9.88. The van der Waals surface area contributed by atoms with Gasteiger partial charge in [-0.3, -0.25) is 9.59 Å². The van der Waals surface area contributed by atoms with E-state index in [1.807, 2.05) is 0 Å². The summed E-state index contributed by atoms with van der Waals surface area (Å²) in [6.07, 6.45) is 4.21. The molecule has 2 amide bonds. The van der Waals surface area contributed by atoms with E-state index in [1.54, 1.807) is 47.4 Å². The molecule has 0 radical (unpaired) electrons. The lowest BCUT2D eigenvalue weighted by molar-refractivity contribution is -0.115. The molecule has 1 saturated carbocycles. The Balaban J connectivity index is 1.71. The topological polar surface area (TPSA) is 116 Å². The molecule has 7 heteroatoms. The maximum Gasteiger partial charge on any atom is 0.254 e. The average molecular weight is 407 g/mol. The number of carbonyl (C=O) groups is 2. The Labute approximate surface area is 174 Å². The number of benzene rings is 2. The van der Waals surface area contributed by atoms with Crippen molar-refractivity contribution < 1.29 is 19.8 Å². The smallest absolute Gasteiger partial charge is 0.254 e. The fourth-order valence-corrected chi connectivity index (χ4v) is 4.43. The molecule has 4 rings (SSSR count). The number of nitrogens with one attached hydrogen (secondary N) is 1. The van der Waals surface area contributed by atoms with E-state index in [-0.39, 0.29) is 24.3 Å². The van der Waals surface area contributed by atoms with Crippen LogP contribution in [0.4, 0.5) is 17.1 Å². The van der Waals surface area contributed by atoms with E-state index in [9.17, 15) is 19.8 Å². The number of hydrogen-bond donors (Lipinski definition) is 4. The predicted molar refractivity (Wildman–Crippen MR) is 115 cm³/mol. The van der Waals surface area contributed by atoms with Crippen molar-refractivity contribution in [3.05, 3.63) is 59.2 Å². The Kier molecular flexibility index (Phi) is 5.46. The molecule has 1 aliphatic heterocycles. The van der Waals surface area contributed by atoms with Gasteiger partial charge in [0.2, 0.25) is 0 Å². The van der Waals surface area contributed by atoms with Crippen LogP contribution >= 0.6 is 0 Å². The Bertz CT molecular complexity index is 1010. The van der Waals surface area contributed by atoms with Crippen LogP contribution in [0.25, 0.3) is 0 Å². The monoisotopic (exact) mass is 407 g/mol. The Morgan fingerprint density at radius 1 is 1.17 bits per heavy atom. The van der Waals surface area contributed by atoms with Gasteiger partial charge >= 0.3 is 0 Å². The minimum absolute atomic E-state index is 0.00579. The third-order valence-electron chi connectivity index (χ3n) is 5.81. The summed E-state index contributed by atoms with van der Waals surface area (Å²) >= 11 is 0. The number of anilines is 3. The number of nitrogens with zero attached hydrogens (tertiary/aromatic N) is 1. The zero-order chi connectivity index (χ0) is 21.3. The quantitative estimate of drug-likeness (QED) is 0.549. The van der Waals surface area contributed by atoms with Crippen LogP contribution < -0.4 is 16.0 Å². The molecule has 1 heterocycles. The average Bonchev–Trinajstić information content (AvgIpc) is 3.01. The van der Waals surface area contributed by atoms with E-state index in [0.29, 0.717) is 34.6 Å². The Hall–Kier alpha value is -3.32. The fourth-order valence-electron chi connectivity index (χ4n) is 4.43. The number of aromatic hydroxyl groups is 1. The molecule has 1 fully saturated rings. The standard InChI is InChI=1S/C23H25N3O4/c24-22(29)19-10-7-15(13-20(19)25-14-5-8-16(28)9-6-14)26-21-4-2-1-3-17(21)18(11-12-27)23(26)30/h5-10,13,21,25,27-28H,1-4,11-12H2,(H2,24,29). The summed E-state index contributed by atoms with van der Waals surface area (Å²) in [5.74, 6) is -0.513. The largest absolute Gasteiger partial charge is 0.508 e. The lowest BCUT2D eigenvalue weighted by Gasteiger charge is -2.30. The molecular formula is C23H25N3O4. The summed E-state index contributed by atoms with van der Waals surface area (Å²) < 4.78 is 0. The number of hydrogen-bond acceptors (Lipinski definition) is 5. The van der Waals surface area contributed by atoms with Gasteiger partial charge in [0.25, 0.3) is 11.8 Å².